The quantitative estimate of drug-likeness (QED) is 0.134. The smallest absolute Gasteiger partial charge is 0.306 e. The highest BCUT2D eigenvalue weighted by atomic mass is 35.5. The van der Waals surface area contributed by atoms with Gasteiger partial charge in [0.15, 0.2) is 0 Å². The summed E-state index contributed by atoms with van der Waals surface area (Å²) in [6, 6.07) is 0. The Morgan fingerprint density at radius 1 is 0.690 bits per heavy atom. The van der Waals surface area contributed by atoms with Gasteiger partial charge in [0, 0.05) is 19.3 Å². The van der Waals surface area contributed by atoms with Gasteiger partial charge in [-0.15, -0.1) is 0 Å². The molecular weight excluding hydrogens is 413 g/mol. The number of nitrogens with one attached hydrogen (secondary N) is 1. The Hall–Kier alpha value is -0.650. The van der Waals surface area contributed by atoms with Crippen LogP contribution in [0, 0.1) is 0 Å². The molecule has 7 heteroatoms. The van der Waals surface area contributed by atoms with E-state index < -0.39 is 0 Å². The molecule has 0 saturated carbocycles. The second-order valence-corrected chi connectivity index (χ2v) is 8.49. The molecule has 0 rings (SSSR count). The number of unbranched alkanes of at least 4 members (excludes halogenated alkanes) is 8. The van der Waals surface area contributed by atoms with Crippen LogP contribution in [-0.4, -0.2) is 36.2 Å². The Labute approximate surface area is 186 Å². The minimum atomic E-state index is -0.260. The van der Waals surface area contributed by atoms with Crippen LogP contribution in [0.1, 0.15) is 103 Å². The maximum Gasteiger partial charge on any atom is 0.306 e. The predicted octanol–water partition coefficient (Wildman–Crippen LogP) is 5.89. The number of halogens is 2. The van der Waals surface area contributed by atoms with Gasteiger partial charge in [-0.25, -0.2) is 0 Å². The molecule has 0 atom stereocenters. The van der Waals surface area contributed by atoms with E-state index in [1.165, 1.54) is 0 Å². The van der Waals surface area contributed by atoms with Gasteiger partial charge in [-0.05, 0) is 81.7 Å². The third-order valence-corrected chi connectivity index (χ3v) is 5.28. The molecule has 0 fully saturated rings. The molecule has 0 aromatic heterocycles. The number of esters is 1. The number of carbonyl (C=O) groups is 3. The summed E-state index contributed by atoms with van der Waals surface area (Å²) in [7, 11) is 1.88. The first-order valence-electron chi connectivity index (χ1n) is 11.2. The summed E-state index contributed by atoms with van der Waals surface area (Å²) >= 11 is 10.7. The van der Waals surface area contributed by atoms with E-state index in [2.05, 4.69) is 5.32 Å². The van der Waals surface area contributed by atoms with Crippen LogP contribution in [-0.2, 0) is 19.1 Å². The number of hydrogen-bond acceptors (Lipinski definition) is 5. The van der Waals surface area contributed by atoms with Gasteiger partial charge < -0.3 is 10.1 Å². The fourth-order valence-corrected chi connectivity index (χ4v) is 3.52. The standard InChI is InChI=1S/C22H39Cl2NO4/c1-25-18-12-17-22(28)29-19(13-8-4-2-6-10-15-20(23)26)14-9-5-3-7-11-16-21(24)27/h19,25H,2-18H2,1H3. The van der Waals surface area contributed by atoms with Gasteiger partial charge in [0.2, 0.25) is 10.5 Å². The van der Waals surface area contributed by atoms with E-state index in [0.29, 0.717) is 19.3 Å². The topological polar surface area (TPSA) is 72.5 Å². The van der Waals surface area contributed by atoms with E-state index >= 15 is 0 Å². The molecule has 5 nitrogen and oxygen atoms in total. The second-order valence-electron chi connectivity index (χ2n) is 7.64. The Morgan fingerprint density at radius 3 is 1.59 bits per heavy atom. The average molecular weight is 452 g/mol. The predicted molar refractivity (Wildman–Crippen MR) is 119 cm³/mol. The summed E-state index contributed by atoms with van der Waals surface area (Å²) < 4.78 is 5.72. The fraction of sp³-hybridized carbons (Fsp3) is 0.864. The number of carbonyl (C=O) groups excluding carboxylic acids is 3. The maximum atomic E-state index is 12.1. The molecule has 0 unspecified atom stereocenters. The molecule has 0 aliphatic heterocycles. The van der Waals surface area contributed by atoms with E-state index in [1.807, 2.05) is 7.05 Å². The monoisotopic (exact) mass is 451 g/mol. The number of rotatable bonds is 21. The molecule has 1 N–H and O–H groups in total. The fourth-order valence-electron chi connectivity index (χ4n) is 3.25. The molecule has 0 spiro atoms. The highest BCUT2D eigenvalue weighted by molar-refractivity contribution is 6.63. The lowest BCUT2D eigenvalue weighted by atomic mass is 10.0. The molecule has 0 aliphatic rings. The molecule has 0 aromatic carbocycles. The van der Waals surface area contributed by atoms with Crippen LogP contribution >= 0.6 is 23.2 Å². The van der Waals surface area contributed by atoms with E-state index in [0.717, 1.165) is 90.0 Å². The van der Waals surface area contributed by atoms with Gasteiger partial charge in [0.05, 0.1) is 0 Å². The zero-order chi connectivity index (χ0) is 21.7. The van der Waals surface area contributed by atoms with Gasteiger partial charge in [-0.1, -0.05) is 38.5 Å². The lowest BCUT2D eigenvalue weighted by Crippen LogP contribution is -2.19. The third kappa shape index (κ3) is 21.9. The lowest BCUT2D eigenvalue weighted by Gasteiger charge is -2.18. The summed E-state index contributed by atoms with van der Waals surface area (Å²) in [5.74, 6) is -0.105. The van der Waals surface area contributed by atoms with Crippen LogP contribution in [0.3, 0.4) is 0 Å². The number of hydrogen-bond donors (Lipinski definition) is 1. The van der Waals surface area contributed by atoms with Crippen LogP contribution < -0.4 is 5.32 Å². The maximum absolute atomic E-state index is 12.1. The molecule has 0 amide bonds. The minimum absolute atomic E-state index is 0.00840. The molecule has 0 bridgehead atoms. The van der Waals surface area contributed by atoms with Gasteiger partial charge in [0.25, 0.3) is 0 Å². The Morgan fingerprint density at radius 2 is 1.14 bits per heavy atom. The van der Waals surface area contributed by atoms with E-state index in [9.17, 15) is 14.4 Å². The van der Waals surface area contributed by atoms with Crippen molar-refractivity contribution < 1.29 is 19.1 Å². The Bertz CT molecular complexity index is 419. The van der Waals surface area contributed by atoms with E-state index in [1.54, 1.807) is 0 Å². The minimum Gasteiger partial charge on any atom is -0.462 e. The van der Waals surface area contributed by atoms with Crippen molar-refractivity contribution in [1.29, 1.82) is 0 Å². The van der Waals surface area contributed by atoms with Crippen molar-refractivity contribution in [1.82, 2.24) is 5.32 Å². The molecule has 170 valence electrons. The van der Waals surface area contributed by atoms with Crippen molar-refractivity contribution in [3.63, 3.8) is 0 Å². The van der Waals surface area contributed by atoms with Gasteiger partial charge >= 0.3 is 5.97 Å². The highest BCUT2D eigenvalue weighted by Gasteiger charge is 2.14. The average Bonchev–Trinajstić information content (AvgIpc) is 2.65. The third-order valence-electron chi connectivity index (χ3n) is 4.90. The van der Waals surface area contributed by atoms with Crippen molar-refractivity contribution in [2.75, 3.05) is 13.6 Å². The van der Waals surface area contributed by atoms with Gasteiger partial charge in [0.1, 0.15) is 6.10 Å². The van der Waals surface area contributed by atoms with Crippen molar-refractivity contribution in [3.8, 4) is 0 Å². The molecule has 0 aromatic rings. The van der Waals surface area contributed by atoms with E-state index in [4.69, 9.17) is 27.9 Å². The lowest BCUT2D eigenvalue weighted by molar-refractivity contribution is -0.150. The second kappa shape index (κ2) is 20.6. The van der Waals surface area contributed by atoms with Crippen LogP contribution in [0.4, 0.5) is 0 Å². The zero-order valence-corrected chi connectivity index (χ0v) is 19.5. The molecular formula is C22H39Cl2NO4. The van der Waals surface area contributed by atoms with Crippen molar-refractivity contribution in [3.05, 3.63) is 0 Å². The summed E-state index contributed by atoms with van der Waals surface area (Å²) in [6.45, 7) is 0.815. The molecule has 0 radical (unpaired) electrons. The first kappa shape index (κ1) is 28.4. The molecule has 0 heterocycles. The van der Waals surface area contributed by atoms with E-state index in [-0.39, 0.29) is 22.6 Å². The number of ether oxygens (including phenoxy) is 1. The molecule has 0 saturated heterocycles. The first-order valence-corrected chi connectivity index (χ1v) is 11.9. The van der Waals surface area contributed by atoms with Crippen LogP contribution in [0.5, 0.6) is 0 Å². The zero-order valence-electron chi connectivity index (χ0n) is 18.0. The van der Waals surface area contributed by atoms with Gasteiger partial charge in [-0.2, -0.15) is 0 Å². The Balaban J connectivity index is 4.03. The van der Waals surface area contributed by atoms with Crippen molar-refractivity contribution in [2.45, 2.75) is 109 Å². The summed E-state index contributed by atoms with van der Waals surface area (Å²) in [6.07, 6.45) is 14.0. The molecule has 29 heavy (non-hydrogen) atoms. The SMILES string of the molecule is CNCCCC(=O)OC(CCCCCCCC(=O)Cl)CCCCCCCC(=O)Cl. The van der Waals surface area contributed by atoms with Crippen LogP contribution in [0.2, 0.25) is 0 Å². The molecule has 0 aliphatic carbocycles. The largest absolute Gasteiger partial charge is 0.462 e. The highest BCUT2D eigenvalue weighted by Crippen LogP contribution is 2.18. The van der Waals surface area contributed by atoms with Gasteiger partial charge in [-0.3, -0.25) is 14.4 Å². The summed E-state index contributed by atoms with van der Waals surface area (Å²) in [5.41, 5.74) is 0. The van der Waals surface area contributed by atoms with Crippen molar-refractivity contribution >= 4 is 39.7 Å². The van der Waals surface area contributed by atoms with Crippen LogP contribution in [0.25, 0.3) is 0 Å². The van der Waals surface area contributed by atoms with Crippen molar-refractivity contribution in [2.24, 2.45) is 0 Å². The van der Waals surface area contributed by atoms with Crippen LogP contribution in [0.15, 0.2) is 0 Å². The Kier molecular flexibility index (Phi) is 20.2. The summed E-state index contributed by atoms with van der Waals surface area (Å²) in [5, 5.41) is 2.52. The summed E-state index contributed by atoms with van der Waals surface area (Å²) in [4.78, 5) is 33.5. The normalized spacial score (nSPS) is 11.0. The first-order chi connectivity index (χ1) is 14.0.